The van der Waals surface area contributed by atoms with Gasteiger partial charge < -0.3 is 5.32 Å². The average Bonchev–Trinajstić information content (AvgIpc) is 2.99. The zero-order chi connectivity index (χ0) is 18.7. The first-order chi connectivity index (χ1) is 12.4. The second kappa shape index (κ2) is 7.22. The summed E-state index contributed by atoms with van der Waals surface area (Å²) in [5, 5.41) is 7.56. The first-order valence-electron chi connectivity index (χ1n) is 8.01. The van der Waals surface area contributed by atoms with E-state index in [1.54, 1.807) is 35.3 Å². The van der Waals surface area contributed by atoms with E-state index in [4.69, 9.17) is 0 Å². The molecule has 0 atom stereocenters. The van der Waals surface area contributed by atoms with Crippen molar-refractivity contribution in [1.29, 1.82) is 0 Å². The van der Waals surface area contributed by atoms with Crippen molar-refractivity contribution in [2.75, 3.05) is 12.4 Å². The molecule has 9 heteroatoms. The van der Waals surface area contributed by atoms with E-state index in [1.807, 2.05) is 26.0 Å². The quantitative estimate of drug-likeness (QED) is 0.684. The van der Waals surface area contributed by atoms with Crippen LogP contribution in [-0.4, -0.2) is 35.2 Å². The maximum absolute atomic E-state index is 11.9. The van der Waals surface area contributed by atoms with Crippen molar-refractivity contribution < 1.29 is 8.42 Å². The molecule has 0 spiro atoms. The van der Waals surface area contributed by atoms with Crippen molar-refractivity contribution in [3.8, 4) is 5.82 Å². The van der Waals surface area contributed by atoms with Gasteiger partial charge in [0.2, 0.25) is 10.0 Å². The molecule has 136 valence electrons. The maximum Gasteiger partial charge on any atom is 0.240 e. The fraction of sp³-hybridized carbons (Fsp3) is 0.235. The topological polar surface area (TPSA) is 102 Å². The summed E-state index contributed by atoms with van der Waals surface area (Å²) in [6.45, 7) is 4.29. The summed E-state index contributed by atoms with van der Waals surface area (Å²) < 4.78 is 27.8. The van der Waals surface area contributed by atoms with E-state index >= 15 is 0 Å². The molecule has 2 aromatic heterocycles. The van der Waals surface area contributed by atoms with Crippen LogP contribution in [0.25, 0.3) is 5.82 Å². The molecule has 0 fully saturated rings. The van der Waals surface area contributed by atoms with E-state index in [9.17, 15) is 8.42 Å². The predicted octanol–water partition coefficient (Wildman–Crippen LogP) is 1.80. The third-order valence-electron chi connectivity index (χ3n) is 3.80. The number of hydrogen-bond acceptors (Lipinski definition) is 6. The fourth-order valence-corrected chi connectivity index (χ4v) is 3.34. The summed E-state index contributed by atoms with van der Waals surface area (Å²) in [6, 6.07) is 8.70. The molecule has 8 nitrogen and oxygen atoms in total. The highest BCUT2D eigenvalue weighted by Crippen LogP contribution is 2.14. The van der Waals surface area contributed by atoms with Gasteiger partial charge in [0.1, 0.15) is 5.82 Å². The van der Waals surface area contributed by atoms with Gasteiger partial charge in [-0.25, -0.2) is 22.8 Å². The Kier molecular flexibility index (Phi) is 5.01. The second-order valence-corrected chi connectivity index (χ2v) is 7.70. The molecule has 0 radical (unpaired) electrons. The molecule has 2 heterocycles. The van der Waals surface area contributed by atoms with Gasteiger partial charge in [-0.2, -0.15) is 5.10 Å². The molecule has 0 aliphatic rings. The molecule has 0 amide bonds. The van der Waals surface area contributed by atoms with Gasteiger partial charge in [0.15, 0.2) is 5.82 Å². The lowest BCUT2D eigenvalue weighted by Crippen LogP contribution is -2.18. The molecule has 0 bridgehead atoms. The summed E-state index contributed by atoms with van der Waals surface area (Å²) in [6.07, 6.45) is 3.26. The highest BCUT2D eigenvalue weighted by atomic mass is 32.2. The second-order valence-electron chi connectivity index (χ2n) is 5.81. The maximum atomic E-state index is 11.9. The summed E-state index contributed by atoms with van der Waals surface area (Å²) in [5.41, 5.74) is 2.70. The number of aryl methyl sites for hydroxylation is 2. The number of sulfonamides is 1. The van der Waals surface area contributed by atoms with Crippen LogP contribution in [0.4, 0.5) is 5.82 Å². The van der Waals surface area contributed by atoms with E-state index in [0.717, 1.165) is 17.0 Å². The van der Waals surface area contributed by atoms with E-state index in [-0.39, 0.29) is 4.90 Å². The van der Waals surface area contributed by atoms with Gasteiger partial charge in [-0.3, -0.25) is 4.98 Å². The Bertz CT molecular complexity index is 1030. The molecule has 1 aromatic carbocycles. The Morgan fingerprint density at radius 2 is 1.96 bits per heavy atom. The molecular formula is C17H20N6O2S. The van der Waals surface area contributed by atoms with E-state index < -0.39 is 10.0 Å². The zero-order valence-electron chi connectivity index (χ0n) is 14.8. The van der Waals surface area contributed by atoms with Gasteiger partial charge in [0.25, 0.3) is 0 Å². The minimum atomic E-state index is -3.47. The highest BCUT2D eigenvalue weighted by Gasteiger charge is 2.11. The largest absolute Gasteiger partial charge is 0.365 e. The number of hydrogen-bond donors (Lipinski definition) is 2. The van der Waals surface area contributed by atoms with Crippen LogP contribution in [0.3, 0.4) is 0 Å². The third-order valence-corrected chi connectivity index (χ3v) is 5.21. The van der Waals surface area contributed by atoms with Crippen LogP contribution in [-0.2, 0) is 16.6 Å². The van der Waals surface area contributed by atoms with Crippen LogP contribution in [0.5, 0.6) is 0 Å². The van der Waals surface area contributed by atoms with Crippen molar-refractivity contribution in [2.24, 2.45) is 0 Å². The van der Waals surface area contributed by atoms with E-state index in [2.05, 4.69) is 25.1 Å². The molecule has 0 saturated carbocycles. The molecular weight excluding hydrogens is 352 g/mol. The molecule has 0 aliphatic heterocycles. The predicted molar refractivity (Wildman–Crippen MR) is 98.6 cm³/mol. The standard InChI is InChI=1S/C17H20N6O2S/c1-12-7-13(2)23(22-12)17-11-19-10-16(21-17)20-9-14-5-4-6-15(8-14)26(24,25)18-3/h4-8,10-11,18H,9H2,1-3H3,(H,20,21). The molecule has 26 heavy (non-hydrogen) atoms. The number of nitrogens with zero attached hydrogens (tertiary/aromatic N) is 4. The first-order valence-corrected chi connectivity index (χ1v) is 9.49. The van der Waals surface area contributed by atoms with Crippen LogP contribution in [0.2, 0.25) is 0 Å². The van der Waals surface area contributed by atoms with E-state index in [0.29, 0.717) is 18.2 Å². The summed E-state index contributed by atoms with van der Waals surface area (Å²) in [5.74, 6) is 1.20. The van der Waals surface area contributed by atoms with Crippen LogP contribution < -0.4 is 10.0 Å². The van der Waals surface area contributed by atoms with Crippen molar-refractivity contribution in [3.05, 3.63) is 59.7 Å². The third kappa shape index (κ3) is 3.89. The average molecular weight is 372 g/mol. The molecule has 3 rings (SSSR count). The number of benzene rings is 1. The minimum Gasteiger partial charge on any atom is -0.365 e. The van der Waals surface area contributed by atoms with Crippen molar-refractivity contribution in [2.45, 2.75) is 25.3 Å². The Morgan fingerprint density at radius 3 is 2.65 bits per heavy atom. The smallest absolute Gasteiger partial charge is 0.240 e. The summed E-state index contributed by atoms with van der Waals surface area (Å²) in [4.78, 5) is 8.94. The zero-order valence-corrected chi connectivity index (χ0v) is 15.6. The Morgan fingerprint density at radius 1 is 1.15 bits per heavy atom. The lowest BCUT2D eigenvalue weighted by Gasteiger charge is -2.09. The lowest BCUT2D eigenvalue weighted by molar-refractivity contribution is 0.588. The SMILES string of the molecule is CNS(=O)(=O)c1cccc(CNc2cncc(-n3nc(C)cc3C)n2)c1. The van der Waals surface area contributed by atoms with Crippen molar-refractivity contribution in [3.63, 3.8) is 0 Å². The van der Waals surface area contributed by atoms with Crippen LogP contribution >= 0.6 is 0 Å². The number of nitrogens with one attached hydrogen (secondary N) is 2. The number of rotatable bonds is 6. The van der Waals surface area contributed by atoms with Crippen LogP contribution in [0.15, 0.2) is 47.6 Å². The van der Waals surface area contributed by atoms with Crippen LogP contribution in [0.1, 0.15) is 17.0 Å². The highest BCUT2D eigenvalue weighted by molar-refractivity contribution is 7.89. The molecule has 3 aromatic rings. The van der Waals surface area contributed by atoms with Gasteiger partial charge in [0, 0.05) is 12.2 Å². The van der Waals surface area contributed by atoms with Gasteiger partial charge >= 0.3 is 0 Å². The number of anilines is 1. The van der Waals surface area contributed by atoms with Gasteiger partial charge in [-0.1, -0.05) is 12.1 Å². The number of aromatic nitrogens is 4. The Labute approximate surface area is 152 Å². The first kappa shape index (κ1) is 18.0. The van der Waals surface area contributed by atoms with Crippen molar-refractivity contribution in [1.82, 2.24) is 24.5 Å². The van der Waals surface area contributed by atoms with Gasteiger partial charge in [0.05, 0.1) is 23.0 Å². The normalized spacial score (nSPS) is 11.5. The molecule has 0 saturated heterocycles. The van der Waals surface area contributed by atoms with E-state index in [1.165, 1.54) is 7.05 Å². The van der Waals surface area contributed by atoms with Crippen LogP contribution in [0, 0.1) is 13.8 Å². The monoisotopic (exact) mass is 372 g/mol. The summed E-state index contributed by atoms with van der Waals surface area (Å²) in [7, 11) is -2.08. The summed E-state index contributed by atoms with van der Waals surface area (Å²) >= 11 is 0. The molecule has 0 unspecified atom stereocenters. The van der Waals surface area contributed by atoms with Gasteiger partial charge in [-0.15, -0.1) is 0 Å². The lowest BCUT2D eigenvalue weighted by atomic mass is 10.2. The molecule has 2 N–H and O–H groups in total. The Balaban J connectivity index is 1.78. The minimum absolute atomic E-state index is 0.224. The fourth-order valence-electron chi connectivity index (χ4n) is 2.54. The van der Waals surface area contributed by atoms with Crippen molar-refractivity contribution >= 4 is 15.8 Å². The molecule has 0 aliphatic carbocycles. The van der Waals surface area contributed by atoms with Gasteiger partial charge in [-0.05, 0) is 44.7 Å². The Hall–Kier alpha value is -2.78.